The molecule has 1 amide bonds. The summed E-state index contributed by atoms with van der Waals surface area (Å²) in [5, 5.41) is 3.22. The number of rotatable bonds is 3. The van der Waals surface area contributed by atoms with Crippen LogP contribution in [-0.2, 0) is 4.79 Å². The molecule has 1 fully saturated rings. The van der Waals surface area contributed by atoms with Crippen LogP contribution in [0.1, 0.15) is 24.3 Å². The number of nitrogens with zero attached hydrogens (tertiary/aromatic N) is 1. The molecule has 1 N–H and O–H groups in total. The van der Waals surface area contributed by atoms with E-state index in [4.69, 9.17) is 4.74 Å². The Morgan fingerprint density at radius 3 is 3.15 bits per heavy atom. The molecule has 0 bridgehead atoms. The topological polar surface area (TPSA) is 41.6 Å². The molecule has 1 aromatic rings. The van der Waals surface area contributed by atoms with Crippen LogP contribution in [0, 0.1) is 5.92 Å². The molecular weight excluding hydrogens is 252 g/mol. The Labute approximate surface area is 120 Å². The van der Waals surface area contributed by atoms with Crippen molar-refractivity contribution in [3.8, 4) is 5.75 Å². The summed E-state index contributed by atoms with van der Waals surface area (Å²) in [5.41, 5.74) is 1.05. The van der Waals surface area contributed by atoms with Gasteiger partial charge in [-0.1, -0.05) is 18.2 Å². The van der Waals surface area contributed by atoms with Crippen LogP contribution in [0.5, 0.6) is 5.75 Å². The third-order valence-corrected chi connectivity index (χ3v) is 4.32. The molecule has 3 rings (SSSR count). The van der Waals surface area contributed by atoms with E-state index in [0.29, 0.717) is 12.5 Å². The summed E-state index contributed by atoms with van der Waals surface area (Å²) in [4.78, 5) is 14.8. The van der Waals surface area contributed by atoms with Gasteiger partial charge in [0.2, 0.25) is 5.91 Å². The van der Waals surface area contributed by atoms with Gasteiger partial charge in [0.05, 0.1) is 0 Å². The first-order valence-electron chi connectivity index (χ1n) is 7.44. The molecule has 0 radical (unpaired) electrons. The highest BCUT2D eigenvalue weighted by Gasteiger charge is 2.34. The molecular formula is C16H22N2O2. The van der Waals surface area contributed by atoms with Crippen LogP contribution in [0.2, 0.25) is 0 Å². The van der Waals surface area contributed by atoms with Crippen LogP contribution in [0.3, 0.4) is 0 Å². The van der Waals surface area contributed by atoms with Gasteiger partial charge in [0.15, 0.2) is 0 Å². The van der Waals surface area contributed by atoms with Gasteiger partial charge in [0, 0.05) is 18.7 Å². The highest BCUT2D eigenvalue weighted by Crippen LogP contribution is 2.35. The quantitative estimate of drug-likeness (QED) is 0.910. The first kappa shape index (κ1) is 13.4. The number of amides is 1. The first-order valence-corrected chi connectivity index (χ1v) is 7.44. The minimum Gasteiger partial charge on any atom is -0.492 e. The third kappa shape index (κ3) is 2.52. The van der Waals surface area contributed by atoms with E-state index >= 15 is 0 Å². The summed E-state index contributed by atoms with van der Waals surface area (Å²) in [7, 11) is 1.97. The zero-order valence-corrected chi connectivity index (χ0v) is 12.0. The zero-order chi connectivity index (χ0) is 13.9. The van der Waals surface area contributed by atoms with Gasteiger partial charge in [-0.05, 0) is 38.4 Å². The summed E-state index contributed by atoms with van der Waals surface area (Å²) >= 11 is 0. The van der Waals surface area contributed by atoms with E-state index in [2.05, 4.69) is 5.32 Å². The molecule has 0 aliphatic carbocycles. The van der Waals surface area contributed by atoms with E-state index in [1.165, 1.54) is 6.42 Å². The smallest absolute Gasteiger partial charge is 0.233 e. The van der Waals surface area contributed by atoms with Crippen molar-refractivity contribution in [2.75, 3.05) is 33.3 Å². The number of para-hydroxylation sites is 1. The highest BCUT2D eigenvalue weighted by molar-refractivity contribution is 5.85. The molecule has 1 saturated heterocycles. The Hall–Kier alpha value is -1.55. The number of carbonyl (C=O) groups excluding carboxylic acids is 1. The highest BCUT2D eigenvalue weighted by atomic mass is 16.5. The van der Waals surface area contributed by atoms with Crippen LogP contribution >= 0.6 is 0 Å². The largest absolute Gasteiger partial charge is 0.492 e. The number of carbonyl (C=O) groups is 1. The van der Waals surface area contributed by atoms with Crippen LogP contribution < -0.4 is 10.1 Å². The monoisotopic (exact) mass is 274 g/mol. The Kier molecular flexibility index (Phi) is 3.92. The van der Waals surface area contributed by atoms with Crippen molar-refractivity contribution in [1.82, 2.24) is 10.2 Å². The third-order valence-electron chi connectivity index (χ3n) is 4.32. The fourth-order valence-corrected chi connectivity index (χ4v) is 3.31. The lowest BCUT2D eigenvalue weighted by molar-refractivity contribution is -0.134. The predicted octanol–water partition coefficient (Wildman–Crippen LogP) is 1.62. The Morgan fingerprint density at radius 2 is 2.30 bits per heavy atom. The lowest BCUT2D eigenvalue weighted by Gasteiger charge is -2.34. The van der Waals surface area contributed by atoms with E-state index in [9.17, 15) is 4.79 Å². The summed E-state index contributed by atoms with van der Waals surface area (Å²) in [6.07, 6.45) is 2.32. The molecule has 4 nitrogen and oxygen atoms in total. The van der Waals surface area contributed by atoms with Crippen LogP contribution in [0.25, 0.3) is 0 Å². The fraction of sp³-hybridized carbons (Fsp3) is 0.562. The van der Waals surface area contributed by atoms with Crippen LogP contribution in [-0.4, -0.2) is 44.1 Å². The maximum atomic E-state index is 12.7. The van der Waals surface area contributed by atoms with E-state index < -0.39 is 0 Å². The number of hydrogen-bond acceptors (Lipinski definition) is 3. The van der Waals surface area contributed by atoms with Gasteiger partial charge in [-0.25, -0.2) is 0 Å². The summed E-state index contributed by atoms with van der Waals surface area (Å²) < 4.78 is 5.64. The minimum absolute atomic E-state index is 0.112. The number of likely N-dealkylation sites (tertiary alicyclic amines) is 1. The molecule has 2 heterocycles. The lowest BCUT2D eigenvalue weighted by atomic mass is 9.94. The van der Waals surface area contributed by atoms with Crippen molar-refractivity contribution in [1.29, 1.82) is 0 Å². The maximum Gasteiger partial charge on any atom is 0.233 e. The standard InChI is InChI=1S/C16H22N2O2/c1-17-9-12-5-4-8-18(10-12)16(19)14-11-20-15-7-3-2-6-13(14)15/h2-3,6-7,12,14,17H,4-5,8-11H2,1H3/t12-,14+/m0/s1. The van der Waals surface area contributed by atoms with Gasteiger partial charge >= 0.3 is 0 Å². The van der Waals surface area contributed by atoms with E-state index in [0.717, 1.165) is 37.4 Å². The molecule has 2 atom stereocenters. The molecule has 1 aromatic carbocycles. The molecule has 0 spiro atoms. The van der Waals surface area contributed by atoms with Gasteiger partial charge in [-0.2, -0.15) is 0 Å². The van der Waals surface area contributed by atoms with Gasteiger partial charge in [0.1, 0.15) is 18.3 Å². The molecule has 4 heteroatoms. The number of benzene rings is 1. The fourth-order valence-electron chi connectivity index (χ4n) is 3.31. The Balaban J connectivity index is 1.70. The second kappa shape index (κ2) is 5.83. The van der Waals surface area contributed by atoms with Crippen molar-refractivity contribution in [3.05, 3.63) is 29.8 Å². The van der Waals surface area contributed by atoms with Gasteiger partial charge < -0.3 is 15.0 Å². The molecule has 0 unspecified atom stereocenters. The molecule has 0 aromatic heterocycles. The van der Waals surface area contributed by atoms with E-state index in [-0.39, 0.29) is 11.8 Å². The molecule has 0 saturated carbocycles. The summed E-state index contributed by atoms with van der Waals surface area (Å²) in [6.45, 7) is 3.24. The van der Waals surface area contributed by atoms with Crippen molar-refractivity contribution >= 4 is 5.91 Å². The Morgan fingerprint density at radius 1 is 1.45 bits per heavy atom. The predicted molar refractivity (Wildman–Crippen MR) is 77.9 cm³/mol. The number of piperidine rings is 1. The number of ether oxygens (including phenoxy) is 1. The average Bonchev–Trinajstić information content (AvgIpc) is 2.91. The minimum atomic E-state index is -0.112. The van der Waals surface area contributed by atoms with Crippen molar-refractivity contribution in [2.24, 2.45) is 5.92 Å². The van der Waals surface area contributed by atoms with Crippen LogP contribution in [0.4, 0.5) is 0 Å². The van der Waals surface area contributed by atoms with Gasteiger partial charge in [-0.15, -0.1) is 0 Å². The maximum absolute atomic E-state index is 12.7. The normalized spacial score (nSPS) is 25.1. The van der Waals surface area contributed by atoms with Crippen molar-refractivity contribution < 1.29 is 9.53 Å². The molecule has 108 valence electrons. The summed E-state index contributed by atoms with van der Waals surface area (Å²) in [5.74, 6) is 1.57. The van der Waals surface area contributed by atoms with Gasteiger partial charge in [-0.3, -0.25) is 4.79 Å². The second-order valence-corrected chi connectivity index (χ2v) is 5.75. The SMILES string of the molecule is CNC[C@@H]1CCCN(C(=O)[C@@H]2COc3ccccc32)C1. The second-order valence-electron chi connectivity index (χ2n) is 5.75. The number of fused-ring (bicyclic) bond motifs is 1. The molecule has 2 aliphatic rings. The molecule has 20 heavy (non-hydrogen) atoms. The lowest BCUT2D eigenvalue weighted by Crippen LogP contribution is -2.44. The summed E-state index contributed by atoms with van der Waals surface area (Å²) in [6, 6.07) is 7.89. The average molecular weight is 274 g/mol. The number of hydrogen-bond donors (Lipinski definition) is 1. The van der Waals surface area contributed by atoms with Crippen LogP contribution in [0.15, 0.2) is 24.3 Å². The zero-order valence-electron chi connectivity index (χ0n) is 12.0. The molecule has 2 aliphatic heterocycles. The number of nitrogens with one attached hydrogen (secondary N) is 1. The Bertz CT molecular complexity index is 487. The van der Waals surface area contributed by atoms with E-state index in [1.807, 2.05) is 36.2 Å². The first-order chi connectivity index (χ1) is 9.79. The van der Waals surface area contributed by atoms with Crippen molar-refractivity contribution in [2.45, 2.75) is 18.8 Å². The van der Waals surface area contributed by atoms with E-state index in [1.54, 1.807) is 0 Å². The van der Waals surface area contributed by atoms with Gasteiger partial charge in [0.25, 0.3) is 0 Å². The van der Waals surface area contributed by atoms with Crippen molar-refractivity contribution in [3.63, 3.8) is 0 Å².